The number of ketones is 1. The largest absolute Gasteiger partial charge is 0.493 e. The lowest BCUT2D eigenvalue weighted by Gasteiger charge is -2.52. The Labute approximate surface area is 338 Å². The molecule has 3 heterocycles. The van der Waals surface area contributed by atoms with E-state index < -0.39 is 11.5 Å². The fraction of sp³-hybridized carbons (Fsp3) is 0.354. The zero-order valence-electron chi connectivity index (χ0n) is 33.4. The summed E-state index contributed by atoms with van der Waals surface area (Å²) in [5, 5.41) is 0. The van der Waals surface area contributed by atoms with E-state index >= 15 is 4.79 Å². The Balaban J connectivity index is 1.38. The van der Waals surface area contributed by atoms with Gasteiger partial charge in [0.2, 0.25) is 5.78 Å². The molecular formula is C48H48O10. The molecule has 0 aromatic heterocycles. The number of para-hydroxylation sites is 4. The third-order valence-electron chi connectivity index (χ3n) is 12.0. The van der Waals surface area contributed by atoms with E-state index in [1.165, 1.54) is 0 Å². The molecule has 3 atom stereocenters. The molecule has 5 aliphatic rings. The molecule has 0 unspecified atom stereocenters. The molecular weight excluding hydrogens is 737 g/mol. The van der Waals surface area contributed by atoms with Gasteiger partial charge in [-0.15, -0.1) is 0 Å². The molecule has 0 N–H and O–H groups in total. The van der Waals surface area contributed by atoms with Crippen LogP contribution in [0.2, 0.25) is 0 Å². The van der Waals surface area contributed by atoms with Crippen LogP contribution in [0.4, 0.5) is 0 Å². The first-order valence-corrected chi connectivity index (χ1v) is 20.1. The van der Waals surface area contributed by atoms with Gasteiger partial charge < -0.3 is 42.6 Å². The van der Waals surface area contributed by atoms with E-state index in [4.69, 9.17) is 42.6 Å². The number of ether oxygens (including phenoxy) is 9. The highest BCUT2D eigenvalue weighted by Gasteiger charge is 2.60. The van der Waals surface area contributed by atoms with Gasteiger partial charge in [-0.3, -0.25) is 4.79 Å². The molecule has 3 aliphatic heterocycles. The maximum absolute atomic E-state index is 16.0. The lowest BCUT2D eigenvalue weighted by atomic mass is 9.59. The molecule has 4 aromatic rings. The van der Waals surface area contributed by atoms with Crippen molar-refractivity contribution in [1.82, 2.24) is 0 Å². The molecule has 1 saturated carbocycles. The Morgan fingerprint density at radius 1 is 0.552 bits per heavy atom. The first-order valence-electron chi connectivity index (χ1n) is 20.1. The van der Waals surface area contributed by atoms with Crippen LogP contribution in [-0.4, -0.2) is 66.3 Å². The van der Waals surface area contributed by atoms with Crippen LogP contribution in [0, 0.1) is 0 Å². The van der Waals surface area contributed by atoms with Crippen molar-refractivity contribution < 1.29 is 47.4 Å². The van der Waals surface area contributed by atoms with E-state index in [0.29, 0.717) is 70.8 Å². The van der Waals surface area contributed by atoms with Crippen molar-refractivity contribution >= 4 is 17.9 Å². The van der Waals surface area contributed by atoms with Gasteiger partial charge in [-0.2, -0.15) is 0 Å². The Bertz CT molecular complexity index is 2340. The van der Waals surface area contributed by atoms with Gasteiger partial charge >= 0.3 is 0 Å². The second-order valence-electron chi connectivity index (χ2n) is 15.1. The number of methoxy groups -OCH3 is 4. The lowest BCUT2D eigenvalue weighted by Crippen LogP contribution is -2.54. The van der Waals surface area contributed by atoms with Crippen molar-refractivity contribution in [2.75, 3.05) is 54.9 Å². The molecule has 58 heavy (non-hydrogen) atoms. The number of allylic oxidation sites excluding steroid dienone is 2. The fourth-order valence-corrected chi connectivity index (χ4v) is 9.61. The predicted octanol–water partition coefficient (Wildman–Crippen LogP) is 9.26. The predicted molar refractivity (Wildman–Crippen MR) is 219 cm³/mol. The van der Waals surface area contributed by atoms with E-state index in [0.717, 1.165) is 58.4 Å². The quantitative estimate of drug-likeness (QED) is 0.199. The SMILES string of the molecule is COc1cccc2c1OCCOc1c(cccc1OC)/C=C1\CCCC3=C1O[C@@]1(CCC/C(=C\2)C1=O)[C@H]1c2cccc(OC)c2OCCOc2c(OC)cccc2[C@H]31. The molecule has 4 aromatic carbocycles. The zero-order valence-corrected chi connectivity index (χ0v) is 33.4. The van der Waals surface area contributed by atoms with Gasteiger partial charge in [-0.25, -0.2) is 0 Å². The van der Waals surface area contributed by atoms with Crippen molar-refractivity contribution in [1.29, 1.82) is 0 Å². The minimum absolute atomic E-state index is 0.0762. The van der Waals surface area contributed by atoms with Crippen LogP contribution in [-0.2, 0) is 9.53 Å². The number of hydrogen-bond acceptors (Lipinski definition) is 10. The second-order valence-corrected chi connectivity index (χ2v) is 15.1. The third kappa shape index (κ3) is 6.30. The topological polar surface area (TPSA) is 100 Å². The van der Waals surface area contributed by atoms with Crippen LogP contribution < -0.4 is 37.9 Å². The number of carbonyl (C=O) groups is 1. The fourth-order valence-electron chi connectivity index (χ4n) is 9.61. The molecule has 3 bridgehead atoms. The van der Waals surface area contributed by atoms with Gasteiger partial charge in [0, 0.05) is 39.7 Å². The van der Waals surface area contributed by atoms with Crippen molar-refractivity contribution in [3.63, 3.8) is 0 Å². The summed E-state index contributed by atoms with van der Waals surface area (Å²) in [4.78, 5) is 16.0. The molecule has 1 spiro atoms. The maximum Gasteiger partial charge on any atom is 0.203 e. The number of carbonyl (C=O) groups excluding carboxylic acids is 1. The molecule has 10 heteroatoms. The van der Waals surface area contributed by atoms with E-state index in [-0.39, 0.29) is 38.1 Å². The Kier molecular flexibility index (Phi) is 10.2. The number of Topliss-reactive ketones (excluding diaryl/α,β-unsaturated/α-hetero) is 1. The monoisotopic (exact) mass is 784 g/mol. The lowest BCUT2D eigenvalue weighted by molar-refractivity contribution is -0.144. The number of hydrogen-bond donors (Lipinski definition) is 0. The first-order chi connectivity index (χ1) is 28.5. The van der Waals surface area contributed by atoms with Gasteiger partial charge in [0.1, 0.15) is 32.2 Å². The minimum atomic E-state index is -1.36. The smallest absolute Gasteiger partial charge is 0.203 e. The van der Waals surface area contributed by atoms with Gasteiger partial charge in [0.15, 0.2) is 51.6 Å². The standard InChI is InChI=1S/C48H48O10/c1-50-36-18-6-12-30-27-29-11-5-15-33-40-34-16-8-20-38(52-3)45(34)56-25-26-57-46-35(17-9-21-39(46)53-4)41(40)48(58-42(29)33)22-10-14-32(47(48)49)28-31-13-7-19-37(51-2)44(31)55-24-23-54-43(30)36/h6-9,12-13,16-21,27-28,40-41H,5,10-11,14-15,22-26H2,1-4H3/b29-27+,32-28+/t40-,41-,48-/m0/s1. The molecule has 300 valence electrons. The summed E-state index contributed by atoms with van der Waals surface area (Å²) in [6, 6.07) is 23.6. The summed E-state index contributed by atoms with van der Waals surface area (Å²) in [5.41, 5.74) is 4.72. The summed E-state index contributed by atoms with van der Waals surface area (Å²) < 4.78 is 57.3. The van der Waals surface area contributed by atoms with Gasteiger partial charge in [-0.1, -0.05) is 48.5 Å². The Morgan fingerprint density at radius 2 is 1.03 bits per heavy atom. The number of fused-ring (bicyclic) bond motifs is 9. The van der Waals surface area contributed by atoms with Crippen molar-refractivity contribution in [2.45, 2.75) is 56.0 Å². The minimum Gasteiger partial charge on any atom is -0.493 e. The molecule has 1 fully saturated rings. The van der Waals surface area contributed by atoms with Crippen LogP contribution in [0.25, 0.3) is 12.2 Å². The summed E-state index contributed by atoms with van der Waals surface area (Å²) in [5.74, 6) is 4.45. The maximum atomic E-state index is 16.0. The highest BCUT2D eigenvalue weighted by atomic mass is 16.6. The van der Waals surface area contributed by atoms with Crippen LogP contribution in [0.15, 0.2) is 95.3 Å². The highest BCUT2D eigenvalue weighted by molar-refractivity contribution is 6.07. The molecule has 10 nitrogen and oxygen atoms in total. The Hall–Kier alpha value is -6.03. The molecule has 2 aliphatic carbocycles. The third-order valence-corrected chi connectivity index (χ3v) is 12.0. The van der Waals surface area contributed by atoms with Gasteiger partial charge in [-0.05, 0) is 86.1 Å². The normalized spacial score (nSPS) is 24.2. The summed E-state index contributed by atoms with van der Waals surface area (Å²) in [7, 11) is 6.55. The van der Waals surface area contributed by atoms with Crippen molar-refractivity contribution in [3.8, 4) is 46.0 Å². The number of benzene rings is 4. The van der Waals surface area contributed by atoms with E-state index in [2.05, 4.69) is 18.2 Å². The van der Waals surface area contributed by atoms with Crippen LogP contribution in [0.3, 0.4) is 0 Å². The van der Waals surface area contributed by atoms with Crippen LogP contribution in [0.1, 0.15) is 72.6 Å². The van der Waals surface area contributed by atoms with Crippen molar-refractivity contribution in [2.24, 2.45) is 0 Å². The van der Waals surface area contributed by atoms with Gasteiger partial charge in [0.05, 0.1) is 28.4 Å². The second kappa shape index (κ2) is 15.7. The molecule has 0 amide bonds. The summed E-state index contributed by atoms with van der Waals surface area (Å²) in [6.45, 7) is 0.995. The van der Waals surface area contributed by atoms with Crippen LogP contribution >= 0.6 is 0 Å². The molecule has 0 radical (unpaired) electrons. The zero-order chi connectivity index (χ0) is 39.8. The Morgan fingerprint density at radius 3 is 1.62 bits per heavy atom. The van der Waals surface area contributed by atoms with Crippen LogP contribution in [0.5, 0.6) is 46.0 Å². The first kappa shape index (κ1) is 37.5. The summed E-state index contributed by atoms with van der Waals surface area (Å²) >= 11 is 0. The number of rotatable bonds is 4. The van der Waals surface area contributed by atoms with Crippen molar-refractivity contribution in [3.05, 3.63) is 118 Å². The highest BCUT2D eigenvalue weighted by Crippen LogP contribution is 2.63. The molecule has 9 rings (SSSR count). The average molecular weight is 785 g/mol. The van der Waals surface area contributed by atoms with E-state index in [1.54, 1.807) is 28.4 Å². The molecule has 0 saturated heterocycles. The summed E-state index contributed by atoms with van der Waals surface area (Å²) in [6.07, 6.45) is 8.20. The van der Waals surface area contributed by atoms with E-state index in [1.807, 2.05) is 66.7 Å². The average Bonchev–Trinajstić information content (AvgIpc) is 3.25. The van der Waals surface area contributed by atoms with Gasteiger partial charge in [0.25, 0.3) is 0 Å². The van der Waals surface area contributed by atoms with E-state index in [9.17, 15) is 0 Å².